The number of nitrogens with two attached hydrogens (primary N) is 1. The van der Waals surface area contributed by atoms with Crippen LogP contribution in [-0.2, 0) is 14.9 Å². The fraction of sp³-hybridized carbons (Fsp3) is 0.538. The van der Waals surface area contributed by atoms with E-state index in [1.807, 2.05) is 18.2 Å². The summed E-state index contributed by atoms with van der Waals surface area (Å²) in [6, 6.07) is 8.21. The lowest BCUT2D eigenvalue weighted by Crippen LogP contribution is -2.60. The number of halogens is 1. The maximum absolute atomic E-state index is 5.97. The summed E-state index contributed by atoms with van der Waals surface area (Å²) in [5.41, 5.74) is 7.18. The molecule has 1 saturated carbocycles. The van der Waals surface area contributed by atoms with Crippen molar-refractivity contribution < 1.29 is 9.47 Å². The van der Waals surface area contributed by atoms with Gasteiger partial charge in [-0.15, -0.1) is 0 Å². The molecule has 2 rings (SSSR count). The van der Waals surface area contributed by atoms with Gasteiger partial charge >= 0.3 is 0 Å². The maximum atomic E-state index is 5.97. The molecule has 1 aromatic rings. The van der Waals surface area contributed by atoms with Gasteiger partial charge in [-0.1, -0.05) is 34.1 Å². The van der Waals surface area contributed by atoms with Gasteiger partial charge in [0.05, 0.1) is 0 Å². The first-order chi connectivity index (χ1) is 8.11. The van der Waals surface area contributed by atoms with Crippen molar-refractivity contribution in [2.45, 2.75) is 24.0 Å². The number of rotatable bonds is 4. The lowest BCUT2D eigenvalue weighted by atomic mass is 9.60. The number of hydrogen-bond acceptors (Lipinski definition) is 3. The molecule has 0 radical (unpaired) electrons. The van der Waals surface area contributed by atoms with Crippen LogP contribution >= 0.6 is 15.9 Å². The summed E-state index contributed by atoms with van der Waals surface area (Å²) in [6.45, 7) is 0.601. The highest BCUT2D eigenvalue weighted by Gasteiger charge is 2.56. The summed E-state index contributed by atoms with van der Waals surface area (Å²) < 4.78 is 12.0. The van der Waals surface area contributed by atoms with E-state index in [0.29, 0.717) is 6.54 Å². The molecule has 17 heavy (non-hydrogen) atoms. The van der Waals surface area contributed by atoms with Crippen molar-refractivity contribution in [2.75, 3.05) is 20.8 Å². The Morgan fingerprint density at radius 3 is 2.29 bits per heavy atom. The standard InChI is InChI=1S/C13H18BrNO2/c1-16-13(17-2)7-12(8-13,9-15)10-5-3-4-6-11(10)14/h3-6H,7-9,15H2,1-2H3. The number of methoxy groups -OCH3 is 2. The Labute approximate surface area is 110 Å². The zero-order chi connectivity index (χ0) is 12.5. The zero-order valence-electron chi connectivity index (χ0n) is 10.2. The van der Waals surface area contributed by atoms with Crippen molar-refractivity contribution >= 4 is 15.9 Å². The molecule has 0 amide bonds. The van der Waals surface area contributed by atoms with Gasteiger partial charge in [-0.2, -0.15) is 0 Å². The number of hydrogen-bond donors (Lipinski definition) is 1. The summed E-state index contributed by atoms with van der Waals surface area (Å²) in [7, 11) is 3.37. The molecule has 0 atom stereocenters. The van der Waals surface area contributed by atoms with Crippen LogP contribution in [0, 0.1) is 0 Å². The molecule has 3 nitrogen and oxygen atoms in total. The second kappa shape index (κ2) is 4.69. The summed E-state index contributed by atoms with van der Waals surface area (Å²) in [5, 5.41) is 0. The van der Waals surface area contributed by atoms with E-state index in [9.17, 15) is 0 Å². The first-order valence-corrected chi connectivity index (χ1v) is 6.46. The summed E-state index contributed by atoms with van der Waals surface area (Å²) >= 11 is 3.59. The minimum atomic E-state index is -0.464. The zero-order valence-corrected chi connectivity index (χ0v) is 11.8. The van der Waals surface area contributed by atoms with Crippen molar-refractivity contribution in [1.29, 1.82) is 0 Å². The monoisotopic (exact) mass is 299 g/mol. The molecule has 0 aromatic heterocycles. The van der Waals surface area contributed by atoms with Gasteiger partial charge in [0.25, 0.3) is 0 Å². The predicted molar refractivity (Wildman–Crippen MR) is 70.9 cm³/mol. The Kier molecular flexibility index (Phi) is 3.59. The van der Waals surface area contributed by atoms with Crippen LogP contribution in [0.3, 0.4) is 0 Å². The normalized spacial score (nSPS) is 20.9. The molecule has 0 heterocycles. The van der Waals surface area contributed by atoms with E-state index in [1.54, 1.807) is 14.2 Å². The predicted octanol–water partition coefficient (Wildman–Crippen LogP) is 2.43. The lowest BCUT2D eigenvalue weighted by Gasteiger charge is -2.54. The van der Waals surface area contributed by atoms with Crippen molar-refractivity contribution in [3.05, 3.63) is 34.3 Å². The third-order valence-corrected chi connectivity index (χ3v) is 4.49. The van der Waals surface area contributed by atoms with Crippen molar-refractivity contribution in [3.8, 4) is 0 Å². The quantitative estimate of drug-likeness (QED) is 0.869. The average Bonchev–Trinajstić information content (AvgIpc) is 2.32. The van der Waals surface area contributed by atoms with Crippen molar-refractivity contribution in [1.82, 2.24) is 0 Å². The van der Waals surface area contributed by atoms with Crippen LogP contribution < -0.4 is 5.73 Å². The highest BCUT2D eigenvalue weighted by Crippen LogP contribution is 2.53. The van der Waals surface area contributed by atoms with Crippen molar-refractivity contribution in [3.63, 3.8) is 0 Å². The van der Waals surface area contributed by atoms with Crippen LogP contribution in [0.25, 0.3) is 0 Å². The Morgan fingerprint density at radius 2 is 1.82 bits per heavy atom. The van der Waals surface area contributed by atoms with E-state index >= 15 is 0 Å². The van der Waals surface area contributed by atoms with E-state index in [2.05, 4.69) is 22.0 Å². The van der Waals surface area contributed by atoms with E-state index in [-0.39, 0.29) is 5.41 Å². The first-order valence-electron chi connectivity index (χ1n) is 5.67. The molecule has 1 aromatic carbocycles. The molecular formula is C13H18BrNO2. The third-order valence-electron chi connectivity index (χ3n) is 3.80. The SMILES string of the molecule is COC1(OC)CC(CN)(c2ccccc2Br)C1. The van der Waals surface area contributed by atoms with Gasteiger partial charge in [-0.3, -0.25) is 0 Å². The summed E-state index contributed by atoms with van der Waals surface area (Å²) in [4.78, 5) is 0. The molecule has 0 unspecified atom stereocenters. The molecule has 0 saturated heterocycles. The second-order valence-corrected chi connectivity index (χ2v) is 5.49. The molecule has 94 valence electrons. The van der Waals surface area contributed by atoms with Crippen LogP contribution in [0.2, 0.25) is 0 Å². The molecule has 0 bridgehead atoms. The fourth-order valence-corrected chi connectivity index (χ4v) is 3.39. The molecule has 2 N–H and O–H groups in total. The highest BCUT2D eigenvalue weighted by molar-refractivity contribution is 9.10. The van der Waals surface area contributed by atoms with Gasteiger partial charge in [0.1, 0.15) is 0 Å². The van der Waals surface area contributed by atoms with Gasteiger partial charge < -0.3 is 15.2 Å². The Bertz CT molecular complexity index is 396. The molecule has 1 aliphatic rings. The molecule has 4 heteroatoms. The van der Waals surface area contributed by atoms with Gasteiger partial charge in [0, 0.05) is 43.5 Å². The Hall–Kier alpha value is -0.420. The molecule has 0 spiro atoms. The first kappa shape index (κ1) is 13.0. The van der Waals surface area contributed by atoms with Crippen LogP contribution in [0.1, 0.15) is 18.4 Å². The summed E-state index contributed by atoms with van der Waals surface area (Å²) in [5.74, 6) is -0.464. The van der Waals surface area contributed by atoms with Crippen molar-refractivity contribution in [2.24, 2.45) is 5.73 Å². The fourth-order valence-electron chi connectivity index (χ4n) is 2.69. The Balaban J connectivity index is 2.28. The van der Waals surface area contributed by atoms with Crippen LogP contribution in [0.15, 0.2) is 28.7 Å². The molecular weight excluding hydrogens is 282 g/mol. The van der Waals surface area contributed by atoms with Gasteiger partial charge in [0.2, 0.25) is 0 Å². The van der Waals surface area contributed by atoms with Gasteiger partial charge in [0.15, 0.2) is 5.79 Å². The van der Waals surface area contributed by atoms with Gasteiger partial charge in [-0.25, -0.2) is 0 Å². The second-order valence-electron chi connectivity index (χ2n) is 4.64. The molecule has 0 aliphatic heterocycles. The van der Waals surface area contributed by atoms with Gasteiger partial charge in [-0.05, 0) is 11.6 Å². The van der Waals surface area contributed by atoms with Crippen LogP contribution in [0.5, 0.6) is 0 Å². The lowest BCUT2D eigenvalue weighted by molar-refractivity contribution is -0.277. The number of benzene rings is 1. The minimum Gasteiger partial charge on any atom is -0.353 e. The van der Waals surface area contributed by atoms with E-state index in [1.165, 1.54) is 5.56 Å². The van der Waals surface area contributed by atoms with E-state index < -0.39 is 5.79 Å². The van der Waals surface area contributed by atoms with Crippen LogP contribution in [-0.4, -0.2) is 26.6 Å². The Morgan fingerprint density at radius 1 is 1.24 bits per heavy atom. The smallest absolute Gasteiger partial charge is 0.169 e. The number of ether oxygens (including phenoxy) is 2. The highest BCUT2D eigenvalue weighted by atomic mass is 79.9. The topological polar surface area (TPSA) is 44.5 Å². The third kappa shape index (κ3) is 2.03. The summed E-state index contributed by atoms with van der Waals surface area (Å²) in [6.07, 6.45) is 1.60. The molecule has 1 fully saturated rings. The average molecular weight is 300 g/mol. The largest absolute Gasteiger partial charge is 0.353 e. The van der Waals surface area contributed by atoms with E-state index in [0.717, 1.165) is 17.3 Å². The van der Waals surface area contributed by atoms with E-state index in [4.69, 9.17) is 15.2 Å². The molecule has 1 aliphatic carbocycles. The minimum absolute atomic E-state index is 0.0356. The van der Waals surface area contributed by atoms with Crippen LogP contribution in [0.4, 0.5) is 0 Å². The maximum Gasteiger partial charge on any atom is 0.169 e.